The van der Waals surface area contributed by atoms with Crippen molar-refractivity contribution in [2.45, 2.75) is 6.42 Å². The SMILES string of the molecule is O=C(O)C=CCC(=O)NCC(=O)O. The Labute approximate surface area is 73.9 Å². The highest BCUT2D eigenvalue weighted by Crippen LogP contribution is 1.82. The zero-order valence-electron chi connectivity index (χ0n) is 6.69. The van der Waals surface area contributed by atoms with Gasteiger partial charge in [-0.3, -0.25) is 9.59 Å². The van der Waals surface area contributed by atoms with Gasteiger partial charge in [-0.05, 0) is 0 Å². The Morgan fingerprint density at radius 3 is 2.31 bits per heavy atom. The molecule has 1 amide bonds. The Hall–Kier alpha value is -1.85. The van der Waals surface area contributed by atoms with Crippen molar-refractivity contribution in [3.05, 3.63) is 12.2 Å². The third-order valence-corrected chi connectivity index (χ3v) is 1.00. The molecule has 0 aromatic rings. The molecule has 6 heteroatoms. The summed E-state index contributed by atoms with van der Waals surface area (Å²) in [5, 5.41) is 18.4. The van der Waals surface area contributed by atoms with Crippen molar-refractivity contribution in [2.24, 2.45) is 0 Å². The first-order chi connectivity index (χ1) is 6.02. The first-order valence-corrected chi connectivity index (χ1v) is 3.40. The van der Waals surface area contributed by atoms with Crippen LogP contribution in [0.25, 0.3) is 0 Å². The number of hydrogen-bond donors (Lipinski definition) is 3. The minimum absolute atomic E-state index is 0.139. The van der Waals surface area contributed by atoms with Crippen molar-refractivity contribution in [3.63, 3.8) is 0 Å². The molecule has 0 heterocycles. The number of aliphatic carboxylic acids is 2. The molecule has 0 aliphatic rings. The lowest BCUT2D eigenvalue weighted by Gasteiger charge is -1.97. The molecule has 0 unspecified atom stereocenters. The largest absolute Gasteiger partial charge is 0.480 e. The van der Waals surface area contributed by atoms with Crippen LogP contribution in [0.15, 0.2) is 12.2 Å². The molecule has 72 valence electrons. The second-order valence-corrected chi connectivity index (χ2v) is 2.12. The number of carbonyl (C=O) groups is 3. The van der Waals surface area contributed by atoms with E-state index in [0.29, 0.717) is 0 Å². The summed E-state index contributed by atoms with van der Waals surface area (Å²) in [5.74, 6) is -2.82. The fourth-order valence-electron chi connectivity index (χ4n) is 0.513. The van der Waals surface area contributed by atoms with E-state index in [0.717, 1.165) is 12.2 Å². The molecule has 0 aromatic heterocycles. The molecule has 0 aliphatic carbocycles. The molecule has 0 aliphatic heterocycles. The second-order valence-electron chi connectivity index (χ2n) is 2.12. The van der Waals surface area contributed by atoms with Gasteiger partial charge in [0.2, 0.25) is 5.91 Å². The van der Waals surface area contributed by atoms with Gasteiger partial charge in [-0.1, -0.05) is 6.08 Å². The van der Waals surface area contributed by atoms with E-state index in [9.17, 15) is 14.4 Å². The van der Waals surface area contributed by atoms with Crippen LogP contribution in [0.5, 0.6) is 0 Å². The zero-order valence-corrected chi connectivity index (χ0v) is 6.69. The monoisotopic (exact) mass is 187 g/mol. The van der Waals surface area contributed by atoms with E-state index < -0.39 is 24.4 Å². The lowest BCUT2D eigenvalue weighted by Crippen LogP contribution is -2.28. The molecule has 0 atom stereocenters. The predicted octanol–water partition coefficient (Wildman–Crippen LogP) is -0.782. The molecule has 0 saturated carbocycles. The van der Waals surface area contributed by atoms with Gasteiger partial charge >= 0.3 is 11.9 Å². The maximum absolute atomic E-state index is 10.7. The zero-order chi connectivity index (χ0) is 10.3. The van der Waals surface area contributed by atoms with E-state index in [1.165, 1.54) is 0 Å². The van der Waals surface area contributed by atoms with Crippen LogP contribution in [0.4, 0.5) is 0 Å². The lowest BCUT2D eigenvalue weighted by atomic mass is 10.3. The van der Waals surface area contributed by atoms with E-state index in [1.54, 1.807) is 0 Å². The predicted molar refractivity (Wildman–Crippen MR) is 42.0 cm³/mol. The molecule has 0 rings (SSSR count). The van der Waals surface area contributed by atoms with E-state index in [1.807, 2.05) is 0 Å². The maximum atomic E-state index is 10.7. The highest BCUT2D eigenvalue weighted by Gasteiger charge is 2.00. The quantitative estimate of drug-likeness (QED) is 0.490. The molecule has 3 N–H and O–H groups in total. The first-order valence-electron chi connectivity index (χ1n) is 3.40. The first kappa shape index (κ1) is 11.2. The summed E-state index contributed by atoms with van der Waals surface area (Å²) in [4.78, 5) is 30.6. The fraction of sp³-hybridized carbons (Fsp3) is 0.286. The molecule has 6 nitrogen and oxygen atoms in total. The van der Waals surface area contributed by atoms with Crippen LogP contribution >= 0.6 is 0 Å². The summed E-state index contributed by atoms with van der Waals surface area (Å²) in [7, 11) is 0. The number of rotatable bonds is 5. The highest BCUT2D eigenvalue weighted by molar-refractivity contribution is 5.84. The lowest BCUT2D eigenvalue weighted by molar-refractivity contribution is -0.137. The second kappa shape index (κ2) is 5.76. The number of nitrogens with one attached hydrogen (secondary N) is 1. The van der Waals surface area contributed by atoms with Crippen molar-refractivity contribution in [3.8, 4) is 0 Å². The van der Waals surface area contributed by atoms with Crippen LogP contribution in [-0.2, 0) is 14.4 Å². The van der Waals surface area contributed by atoms with Crippen LogP contribution in [0.1, 0.15) is 6.42 Å². The van der Waals surface area contributed by atoms with Gasteiger partial charge in [0.15, 0.2) is 0 Å². The topological polar surface area (TPSA) is 104 Å². The average Bonchev–Trinajstić information content (AvgIpc) is 2.00. The Balaban J connectivity index is 3.63. The third kappa shape index (κ3) is 8.05. The molecular weight excluding hydrogens is 178 g/mol. The normalized spacial score (nSPS) is 9.85. The van der Waals surface area contributed by atoms with Gasteiger partial charge in [0.1, 0.15) is 6.54 Å². The van der Waals surface area contributed by atoms with Gasteiger partial charge in [0, 0.05) is 12.5 Å². The molecule has 13 heavy (non-hydrogen) atoms. The Morgan fingerprint density at radius 2 is 1.85 bits per heavy atom. The number of carbonyl (C=O) groups excluding carboxylic acids is 1. The number of amides is 1. The summed E-state index contributed by atoms with van der Waals surface area (Å²) in [6.07, 6.45) is 1.82. The van der Waals surface area contributed by atoms with Crippen LogP contribution in [0.3, 0.4) is 0 Å². The fourth-order valence-corrected chi connectivity index (χ4v) is 0.513. The summed E-state index contributed by atoms with van der Waals surface area (Å²) >= 11 is 0. The number of carboxylic acids is 2. The third-order valence-electron chi connectivity index (χ3n) is 1.00. The summed E-state index contributed by atoms with van der Waals surface area (Å²) in [6, 6.07) is 0. The van der Waals surface area contributed by atoms with Crippen molar-refractivity contribution < 1.29 is 24.6 Å². The molecular formula is C7H9NO5. The van der Waals surface area contributed by atoms with Gasteiger partial charge in [-0.15, -0.1) is 0 Å². The van der Waals surface area contributed by atoms with Gasteiger partial charge in [0.05, 0.1) is 0 Å². The van der Waals surface area contributed by atoms with Crippen LogP contribution in [0.2, 0.25) is 0 Å². The molecule has 0 aromatic carbocycles. The minimum Gasteiger partial charge on any atom is -0.480 e. The van der Waals surface area contributed by atoms with Crippen LogP contribution in [0, 0.1) is 0 Å². The summed E-state index contributed by atoms with van der Waals surface area (Å²) in [6.45, 7) is -0.459. The van der Waals surface area contributed by atoms with E-state index >= 15 is 0 Å². The Kier molecular flexibility index (Phi) is 4.94. The van der Waals surface area contributed by atoms with E-state index in [-0.39, 0.29) is 6.42 Å². The van der Waals surface area contributed by atoms with E-state index in [4.69, 9.17) is 10.2 Å². The van der Waals surface area contributed by atoms with E-state index in [2.05, 4.69) is 5.32 Å². The van der Waals surface area contributed by atoms with Gasteiger partial charge < -0.3 is 15.5 Å². The number of hydrogen-bond acceptors (Lipinski definition) is 3. The Bertz CT molecular complexity index is 245. The van der Waals surface area contributed by atoms with Crippen molar-refractivity contribution in [1.82, 2.24) is 5.32 Å². The molecule has 0 bridgehead atoms. The summed E-state index contributed by atoms with van der Waals surface area (Å²) < 4.78 is 0. The van der Waals surface area contributed by atoms with Crippen LogP contribution < -0.4 is 5.32 Å². The molecule has 0 spiro atoms. The average molecular weight is 187 g/mol. The molecule has 0 saturated heterocycles. The summed E-state index contributed by atoms with van der Waals surface area (Å²) in [5.41, 5.74) is 0. The van der Waals surface area contributed by atoms with Crippen LogP contribution in [-0.4, -0.2) is 34.6 Å². The smallest absolute Gasteiger partial charge is 0.327 e. The standard InChI is InChI=1S/C7H9NO5/c9-5(8-4-7(12)13)2-1-3-6(10)11/h1,3H,2,4H2,(H,8,9)(H,10,11)(H,12,13). The van der Waals surface area contributed by atoms with Gasteiger partial charge in [-0.2, -0.15) is 0 Å². The minimum atomic E-state index is -1.15. The molecule has 0 radical (unpaired) electrons. The van der Waals surface area contributed by atoms with Gasteiger partial charge in [-0.25, -0.2) is 4.79 Å². The highest BCUT2D eigenvalue weighted by atomic mass is 16.4. The van der Waals surface area contributed by atoms with Crippen molar-refractivity contribution in [2.75, 3.05) is 6.54 Å². The van der Waals surface area contributed by atoms with Gasteiger partial charge in [0.25, 0.3) is 0 Å². The number of carboxylic acid groups (broad SMARTS) is 2. The van der Waals surface area contributed by atoms with Crippen molar-refractivity contribution >= 4 is 17.8 Å². The van der Waals surface area contributed by atoms with Crippen molar-refractivity contribution in [1.29, 1.82) is 0 Å². The maximum Gasteiger partial charge on any atom is 0.327 e. The molecule has 0 fully saturated rings. The Morgan fingerprint density at radius 1 is 1.23 bits per heavy atom.